The van der Waals surface area contributed by atoms with Crippen molar-refractivity contribution in [3.05, 3.63) is 36.0 Å². The molecule has 0 saturated heterocycles. The fraction of sp³-hybridized carbons (Fsp3) is 0.143. The first-order valence-corrected chi connectivity index (χ1v) is 6.27. The molecule has 0 saturated carbocycles. The zero-order valence-electron chi connectivity index (χ0n) is 11.3. The number of oxazole rings is 1. The average Bonchev–Trinajstić information content (AvgIpc) is 2.85. The predicted octanol–water partition coefficient (Wildman–Crippen LogP) is 0.795. The maximum Gasteiger partial charge on any atom is 0.328 e. The summed E-state index contributed by atoms with van der Waals surface area (Å²) in [5, 5.41) is 18.6. The molecule has 0 fully saturated rings. The number of nitrogens with two attached hydrogens (primary N) is 1. The van der Waals surface area contributed by atoms with Gasteiger partial charge < -0.3 is 20.4 Å². The number of aliphatic carboxylic acids is 1. The summed E-state index contributed by atoms with van der Waals surface area (Å²) in [5.74, 6) is -2.42. The Kier molecular flexibility index (Phi) is 4.52. The lowest BCUT2D eigenvalue weighted by molar-refractivity contribution is -0.140. The predicted molar refractivity (Wildman–Crippen MR) is 76.4 cm³/mol. The normalized spacial score (nSPS) is 12.4. The number of hydrogen-bond acceptors (Lipinski definition) is 6. The van der Waals surface area contributed by atoms with Gasteiger partial charge in [-0.2, -0.15) is 0 Å². The molecule has 1 aromatic heterocycles. The van der Waals surface area contributed by atoms with Gasteiger partial charge in [-0.1, -0.05) is 18.2 Å². The minimum absolute atomic E-state index is 0.0328. The molecule has 1 amide bonds. The molecule has 1 heterocycles. The smallest absolute Gasteiger partial charge is 0.328 e. The number of carboxylic acid groups (broad SMARTS) is 1. The Labute approximate surface area is 124 Å². The Balaban J connectivity index is 2.22. The number of amides is 1. The van der Waals surface area contributed by atoms with Crippen LogP contribution in [0, 0.1) is 0 Å². The zero-order chi connectivity index (χ0) is 16.1. The Morgan fingerprint density at radius 3 is 2.64 bits per heavy atom. The maximum absolute atomic E-state index is 10.9. The van der Waals surface area contributed by atoms with E-state index >= 15 is 0 Å². The minimum Gasteiger partial charge on any atom is -0.480 e. The third-order valence-electron chi connectivity index (χ3n) is 2.71. The second kappa shape index (κ2) is 6.53. The summed E-state index contributed by atoms with van der Waals surface area (Å²) in [7, 11) is 0. The van der Waals surface area contributed by atoms with Crippen LogP contribution in [0.15, 0.2) is 39.7 Å². The topological polar surface area (TPSA) is 139 Å². The van der Waals surface area contributed by atoms with Crippen LogP contribution in [0.5, 0.6) is 5.95 Å². The fourth-order valence-corrected chi connectivity index (χ4v) is 1.67. The molecule has 2 rings (SSSR count). The first-order chi connectivity index (χ1) is 10.5. The number of benzene rings is 1. The molecule has 8 nitrogen and oxygen atoms in total. The standard InChI is InChI=1S/C14H13N3O5/c15-11(18)6-9(13(19)20)16-7-10-14(21)22-12(17-10)8-4-2-1-3-5-8/h1-5,7,9,21H,6H2,(H2,15,18)(H,19,20). The van der Waals surface area contributed by atoms with Gasteiger partial charge in [-0.05, 0) is 12.1 Å². The number of carboxylic acids is 1. The van der Waals surface area contributed by atoms with Gasteiger partial charge in [-0.25, -0.2) is 9.78 Å². The van der Waals surface area contributed by atoms with Crippen LogP contribution >= 0.6 is 0 Å². The van der Waals surface area contributed by atoms with Gasteiger partial charge in [0.05, 0.1) is 12.6 Å². The van der Waals surface area contributed by atoms with Crippen molar-refractivity contribution in [1.82, 2.24) is 4.98 Å². The van der Waals surface area contributed by atoms with Crippen LogP contribution in [-0.2, 0) is 9.59 Å². The van der Waals surface area contributed by atoms with E-state index in [1.165, 1.54) is 0 Å². The third kappa shape index (κ3) is 3.69. The summed E-state index contributed by atoms with van der Waals surface area (Å²) in [6.45, 7) is 0. The quantitative estimate of drug-likeness (QED) is 0.674. The SMILES string of the molecule is NC(=O)CC(N=Cc1nc(-c2ccccc2)oc1O)C(=O)O. The number of carbonyl (C=O) groups is 2. The van der Waals surface area contributed by atoms with Gasteiger partial charge in [0.1, 0.15) is 0 Å². The van der Waals surface area contributed by atoms with Crippen LogP contribution in [0.4, 0.5) is 0 Å². The van der Waals surface area contributed by atoms with Crippen LogP contribution in [0.1, 0.15) is 12.1 Å². The third-order valence-corrected chi connectivity index (χ3v) is 2.71. The van der Waals surface area contributed by atoms with Crippen LogP contribution in [0.3, 0.4) is 0 Å². The Morgan fingerprint density at radius 1 is 1.36 bits per heavy atom. The largest absolute Gasteiger partial charge is 0.480 e. The Morgan fingerprint density at radius 2 is 2.05 bits per heavy atom. The molecule has 0 spiro atoms. The highest BCUT2D eigenvalue weighted by Crippen LogP contribution is 2.25. The van der Waals surface area contributed by atoms with Crippen molar-refractivity contribution in [3.63, 3.8) is 0 Å². The molecule has 0 aliphatic heterocycles. The van der Waals surface area contributed by atoms with E-state index in [0.717, 1.165) is 6.21 Å². The lowest BCUT2D eigenvalue weighted by atomic mass is 10.2. The van der Waals surface area contributed by atoms with E-state index in [9.17, 15) is 14.7 Å². The number of rotatable bonds is 6. The molecular weight excluding hydrogens is 290 g/mol. The van der Waals surface area contributed by atoms with Crippen molar-refractivity contribution in [2.24, 2.45) is 10.7 Å². The Bertz CT molecular complexity index is 709. The molecule has 1 atom stereocenters. The molecule has 1 aromatic carbocycles. The van der Waals surface area contributed by atoms with Gasteiger partial charge in [0.25, 0.3) is 0 Å². The molecule has 114 valence electrons. The first-order valence-electron chi connectivity index (χ1n) is 6.27. The van der Waals surface area contributed by atoms with E-state index in [4.69, 9.17) is 15.3 Å². The van der Waals surface area contributed by atoms with E-state index in [2.05, 4.69) is 9.98 Å². The van der Waals surface area contributed by atoms with Gasteiger partial charge in [0.2, 0.25) is 11.8 Å². The van der Waals surface area contributed by atoms with Gasteiger partial charge in [0, 0.05) is 5.56 Å². The number of aromatic nitrogens is 1. The number of aromatic hydroxyl groups is 1. The highest BCUT2D eigenvalue weighted by molar-refractivity contribution is 5.87. The molecule has 8 heteroatoms. The van der Waals surface area contributed by atoms with E-state index < -0.39 is 30.3 Å². The van der Waals surface area contributed by atoms with E-state index in [1.54, 1.807) is 24.3 Å². The highest BCUT2D eigenvalue weighted by atomic mass is 16.5. The molecule has 2 aromatic rings. The van der Waals surface area contributed by atoms with Crippen LogP contribution < -0.4 is 5.73 Å². The second-order valence-corrected chi connectivity index (χ2v) is 4.38. The average molecular weight is 303 g/mol. The summed E-state index contributed by atoms with van der Waals surface area (Å²) in [5.41, 5.74) is 5.56. The van der Waals surface area contributed by atoms with Crippen molar-refractivity contribution in [1.29, 1.82) is 0 Å². The fourth-order valence-electron chi connectivity index (χ4n) is 1.67. The van der Waals surface area contributed by atoms with Crippen molar-refractivity contribution < 1.29 is 24.2 Å². The second-order valence-electron chi connectivity index (χ2n) is 4.38. The Hall–Kier alpha value is -3.16. The summed E-state index contributed by atoms with van der Waals surface area (Å²) >= 11 is 0. The van der Waals surface area contributed by atoms with Gasteiger partial charge in [-0.3, -0.25) is 9.79 Å². The summed E-state index contributed by atoms with van der Waals surface area (Å²) in [4.78, 5) is 29.4. The number of nitrogens with zero attached hydrogens (tertiary/aromatic N) is 2. The van der Waals surface area contributed by atoms with Gasteiger partial charge in [-0.15, -0.1) is 0 Å². The molecule has 4 N–H and O–H groups in total. The van der Waals surface area contributed by atoms with E-state index in [1.807, 2.05) is 6.07 Å². The molecule has 22 heavy (non-hydrogen) atoms. The van der Waals surface area contributed by atoms with Crippen molar-refractivity contribution in [2.75, 3.05) is 0 Å². The number of carbonyl (C=O) groups excluding carboxylic acids is 1. The monoisotopic (exact) mass is 303 g/mol. The molecule has 0 aliphatic rings. The van der Waals surface area contributed by atoms with Crippen molar-refractivity contribution in [3.8, 4) is 17.4 Å². The maximum atomic E-state index is 10.9. The molecular formula is C14H13N3O5. The lowest BCUT2D eigenvalue weighted by Crippen LogP contribution is -2.25. The van der Waals surface area contributed by atoms with Gasteiger partial charge >= 0.3 is 11.9 Å². The minimum atomic E-state index is -1.34. The highest BCUT2D eigenvalue weighted by Gasteiger charge is 2.19. The van der Waals surface area contributed by atoms with Crippen molar-refractivity contribution in [2.45, 2.75) is 12.5 Å². The summed E-state index contributed by atoms with van der Waals surface area (Å²) in [6, 6.07) is 7.50. The zero-order valence-corrected chi connectivity index (χ0v) is 11.3. The summed E-state index contributed by atoms with van der Waals surface area (Å²) in [6.07, 6.45) is 0.586. The van der Waals surface area contributed by atoms with Crippen LogP contribution in [0.2, 0.25) is 0 Å². The first kappa shape index (κ1) is 15.2. The van der Waals surface area contributed by atoms with E-state index in [-0.39, 0.29) is 11.6 Å². The molecule has 1 unspecified atom stereocenters. The summed E-state index contributed by atoms with van der Waals surface area (Å²) < 4.78 is 5.09. The molecule has 0 aliphatic carbocycles. The lowest BCUT2D eigenvalue weighted by Gasteiger charge is -2.02. The molecule has 0 bridgehead atoms. The molecule has 0 radical (unpaired) electrons. The number of primary amides is 1. The van der Waals surface area contributed by atoms with E-state index in [0.29, 0.717) is 5.56 Å². The van der Waals surface area contributed by atoms with Crippen LogP contribution in [0.25, 0.3) is 11.5 Å². The number of hydrogen-bond donors (Lipinski definition) is 3. The van der Waals surface area contributed by atoms with Crippen molar-refractivity contribution >= 4 is 18.1 Å². The van der Waals surface area contributed by atoms with Crippen LogP contribution in [-0.4, -0.2) is 39.3 Å². The van der Waals surface area contributed by atoms with Gasteiger partial charge in [0.15, 0.2) is 11.7 Å². The number of aliphatic imine (C=N–C) groups is 1.